The molecule has 0 atom stereocenters. The van der Waals surface area contributed by atoms with Crippen molar-refractivity contribution in [2.45, 2.75) is 41.9 Å². The predicted octanol–water partition coefficient (Wildman–Crippen LogP) is 2.17. The van der Waals surface area contributed by atoms with E-state index in [4.69, 9.17) is 0 Å². The third-order valence-corrected chi connectivity index (χ3v) is 6.50. The highest BCUT2D eigenvalue weighted by Crippen LogP contribution is 2.38. The normalized spacial score (nSPS) is 18.4. The molecule has 0 saturated heterocycles. The lowest BCUT2D eigenvalue weighted by Gasteiger charge is -2.32. The summed E-state index contributed by atoms with van der Waals surface area (Å²) in [6, 6.07) is 1.06. The molecule has 1 aromatic rings. The fourth-order valence-corrected chi connectivity index (χ4v) is 4.37. The van der Waals surface area contributed by atoms with Crippen molar-refractivity contribution >= 4 is 31.9 Å². The molecule has 0 radical (unpaired) electrons. The van der Waals surface area contributed by atoms with Crippen LogP contribution in [0.3, 0.4) is 0 Å². The van der Waals surface area contributed by atoms with Gasteiger partial charge in [-0.05, 0) is 12.8 Å². The summed E-state index contributed by atoms with van der Waals surface area (Å²) >= 11 is 0.830. The molecule has 0 unspecified atom stereocenters. The maximum atomic E-state index is 11.5. The number of hydrogen-bond acceptors (Lipinski definition) is 7. The summed E-state index contributed by atoms with van der Waals surface area (Å²) in [6.45, 7) is 0.192. The number of anilines is 1. The molecule has 118 valence electrons. The lowest BCUT2D eigenvalue weighted by molar-refractivity contribution is -0.383. The monoisotopic (exact) mass is 334 g/mol. The Morgan fingerprint density at radius 1 is 1.43 bits per heavy atom. The van der Waals surface area contributed by atoms with E-state index in [0.29, 0.717) is 12.8 Å². The van der Waals surface area contributed by atoms with Crippen LogP contribution in [0.5, 0.6) is 0 Å². The minimum Gasteiger partial charge on any atom is -0.388 e. The second-order valence-corrected chi connectivity index (χ2v) is 8.74. The topological polar surface area (TPSA) is 110 Å². The molecule has 1 aliphatic rings. The van der Waals surface area contributed by atoms with Crippen molar-refractivity contribution in [2.75, 3.05) is 18.1 Å². The maximum absolute atomic E-state index is 11.5. The summed E-state index contributed by atoms with van der Waals surface area (Å²) < 4.78 is 23.0. The van der Waals surface area contributed by atoms with Gasteiger partial charge in [0.2, 0.25) is 0 Å². The Morgan fingerprint density at radius 2 is 2.05 bits per heavy atom. The number of hydrogen-bond donors (Lipinski definition) is 2. The number of nitrogens with zero attached hydrogens (tertiary/aromatic N) is 1. The molecule has 1 fully saturated rings. The molecule has 1 aromatic heterocycles. The molecule has 2 N–H and O–H groups in total. The molecule has 1 heterocycles. The Balaban J connectivity index is 2.19. The zero-order valence-corrected chi connectivity index (χ0v) is 13.3. The summed E-state index contributed by atoms with van der Waals surface area (Å²) in [6.07, 6.45) is 5.26. The molecule has 0 bridgehead atoms. The first-order valence-electron chi connectivity index (χ1n) is 6.66. The Hall–Kier alpha value is -1.19. The molecular weight excluding hydrogens is 316 g/mol. The van der Waals surface area contributed by atoms with Crippen LogP contribution in [0.25, 0.3) is 0 Å². The second kappa shape index (κ2) is 5.90. The summed E-state index contributed by atoms with van der Waals surface area (Å²) in [5.74, 6) is 0. The van der Waals surface area contributed by atoms with E-state index < -0.39 is 20.4 Å². The van der Waals surface area contributed by atoms with Gasteiger partial charge in [0.15, 0.2) is 14.8 Å². The van der Waals surface area contributed by atoms with Gasteiger partial charge in [-0.2, -0.15) is 0 Å². The average molecular weight is 334 g/mol. The van der Waals surface area contributed by atoms with Crippen LogP contribution in [0.15, 0.2) is 10.3 Å². The van der Waals surface area contributed by atoms with Crippen molar-refractivity contribution in [3.05, 3.63) is 16.2 Å². The number of aliphatic hydroxyl groups is 1. The third kappa shape index (κ3) is 3.92. The number of nitrogens with one attached hydrogen (secondary N) is 1. The molecule has 0 aliphatic heterocycles. The summed E-state index contributed by atoms with van der Waals surface area (Å²) in [7, 11) is -3.48. The zero-order valence-electron chi connectivity index (χ0n) is 11.7. The van der Waals surface area contributed by atoms with Gasteiger partial charge in [0.1, 0.15) is 4.21 Å². The van der Waals surface area contributed by atoms with Gasteiger partial charge in [0.25, 0.3) is 0 Å². The van der Waals surface area contributed by atoms with Gasteiger partial charge < -0.3 is 10.4 Å². The zero-order chi connectivity index (χ0) is 15.7. The molecule has 21 heavy (non-hydrogen) atoms. The van der Waals surface area contributed by atoms with Crippen LogP contribution in [-0.2, 0) is 9.84 Å². The Bertz CT molecular complexity index is 632. The van der Waals surface area contributed by atoms with Gasteiger partial charge in [-0.3, -0.25) is 10.1 Å². The molecule has 7 nitrogen and oxygen atoms in total. The van der Waals surface area contributed by atoms with Gasteiger partial charge in [-0.25, -0.2) is 8.42 Å². The fourth-order valence-electron chi connectivity index (χ4n) is 2.44. The van der Waals surface area contributed by atoms with Crippen LogP contribution in [-0.4, -0.2) is 36.8 Å². The highest BCUT2D eigenvalue weighted by molar-refractivity contribution is 7.92. The minimum absolute atomic E-state index is 0.0488. The number of rotatable bonds is 5. The lowest BCUT2D eigenvalue weighted by Crippen LogP contribution is -2.38. The van der Waals surface area contributed by atoms with Gasteiger partial charge >= 0.3 is 5.69 Å². The first-order valence-corrected chi connectivity index (χ1v) is 9.37. The van der Waals surface area contributed by atoms with Crippen molar-refractivity contribution in [3.63, 3.8) is 0 Å². The van der Waals surface area contributed by atoms with Crippen LogP contribution >= 0.6 is 11.3 Å². The standard InChI is InChI=1S/C12H18N2O5S2/c1-21(18,19)10-7-9(14(16)17)11(20-10)13-8-12(15)5-3-2-4-6-12/h7,13,15H,2-6,8H2,1H3. The van der Waals surface area contributed by atoms with Crippen molar-refractivity contribution in [1.29, 1.82) is 0 Å². The van der Waals surface area contributed by atoms with Crippen LogP contribution < -0.4 is 5.32 Å². The van der Waals surface area contributed by atoms with Crippen molar-refractivity contribution in [3.8, 4) is 0 Å². The molecule has 1 aliphatic carbocycles. The summed E-state index contributed by atoms with van der Waals surface area (Å²) in [4.78, 5) is 10.4. The van der Waals surface area contributed by atoms with E-state index >= 15 is 0 Å². The quantitative estimate of drug-likeness (QED) is 0.631. The van der Waals surface area contributed by atoms with E-state index in [0.717, 1.165) is 42.9 Å². The van der Waals surface area contributed by atoms with Crippen molar-refractivity contribution in [2.24, 2.45) is 0 Å². The third-order valence-electron chi connectivity index (χ3n) is 3.61. The molecule has 2 rings (SSSR count). The Labute approximate surface area is 127 Å². The van der Waals surface area contributed by atoms with E-state index in [9.17, 15) is 23.6 Å². The molecule has 0 aromatic carbocycles. The van der Waals surface area contributed by atoms with E-state index in [-0.39, 0.29) is 21.4 Å². The van der Waals surface area contributed by atoms with Gasteiger partial charge in [-0.15, -0.1) is 0 Å². The Morgan fingerprint density at radius 3 is 2.57 bits per heavy atom. The number of nitro groups is 1. The van der Waals surface area contributed by atoms with Crippen LogP contribution in [0.1, 0.15) is 32.1 Å². The first-order chi connectivity index (χ1) is 9.71. The SMILES string of the molecule is CS(=O)(=O)c1cc([N+](=O)[O-])c(NCC2(O)CCCCC2)s1. The fraction of sp³-hybridized carbons (Fsp3) is 0.667. The van der Waals surface area contributed by atoms with Gasteiger partial charge in [-0.1, -0.05) is 30.6 Å². The van der Waals surface area contributed by atoms with Crippen molar-refractivity contribution in [1.82, 2.24) is 0 Å². The van der Waals surface area contributed by atoms with Crippen molar-refractivity contribution < 1.29 is 18.4 Å². The van der Waals surface area contributed by atoms with Crippen LogP contribution in [0.4, 0.5) is 10.7 Å². The largest absolute Gasteiger partial charge is 0.388 e. The minimum atomic E-state index is -3.48. The predicted molar refractivity (Wildman–Crippen MR) is 80.6 cm³/mol. The smallest absolute Gasteiger partial charge is 0.304 e. The van der Waals surface area contributed by atoms with Gasteiger partial charge in [0.05, 0.1) is 10.5 Å². The molecule has 9 heteroatoms. The molecular formula is C12H18N2O5S2. The van der Waals surface area contributed by atoms with E-state index in [2.05, 4.69) is 5.32 Å². The van der Waals surface area contributed by atoms with E-state index in [1.54, 1.807) is 0 Å². The van der Waals surface area contributed by atoms with Crippen LogP contribution in [0, 0.1) is 10.1 Å². The van der Waals surface area contributed by atoms with Crippen LogP contribution in [0.2, 0.25) is 0 Å². The average Bonchev–Trinajstić information content (AvgIpc) is 2.81. The Kier molecular flexibility index (Phi) is 4.54. The lowest BCUT2D eigenvalue weighted by atomic mass is 9.85. The summed E-state index contributed by atoms with van der Waals surface area (Å²) in [5, 5.41) is 24.4. The molecule has 0 amide bonds. The van der Waals surface area contributed by atoms with E-state index in [1.165, 1.54) is 0 Å². The highest BCUT2D eigenvalue weighted by Gasteiger charge is 2.31. The second-order valence-electron chi connectivity index (χ2n) is 5.45. The number of thiophene rings is 1. The maximum Gasteiger partial charge on any atom is 0.304 e. The van der Waals surface area contributed by atoms with Gasteiger partial charge in [0, 0.05) is 18.9 Å². The first kappa shape index (κ1) is 16.2. The molecule has 1 saturated carbocycles. The molecule has 0 spiro atoms. The summed E-state index contributed by atoms with van der Waals surface area (Å²) in [5.41, 5.74) is -1.14. The highest BCUT2D eigenvalue weighted by atomic mass is 32.2. The number of sulfone groups is 1. The van der Waals surface area contributed by atoms with E-state index in [1.807, 2.05) is 0 Å².